The molecule has 0 spiro atoms. The smallest absolute Gasteiger partial charge is 0.0462 e. The van der Waals surface area contributed by atoms with Gasteiger partial charge in [-0.3, -0.25) is 0 Å². The van der Waals surface area contributed by atoms with Crippen molar-refractivity contribution >= 4 is 60.2 Å². The number of hydrogen-bond acceptors (Lipinski definition) is 1. The third-order valence-corrected chi connectivity index (χ3v) is 9.95. The largest absolute Gasteiger partial charge is 0.311 e. The van der Waals surface area contributed by atoms with Gasteiger partial charge >= 0.3 is 0 Å². The third kappa shape index (κ3) is 5.03. The number of hydrogen-bond donors (Lipinski definition) is 0. The van der Waals surface area contributed by atoms with Gasteiger partial charge in [-0.1, -0.05) is 139 Å². The summed E-state index contributed by atoms with van der Waals surface area (Å²) in [5, 5.41) is 10.1. The molecule has 0 aromatic heterocycles. The van der Waals surface area contributed by atoms with Crippen molar-refractivity contribution in [2.75, 3.05) is 4.90 Å². The molecule has 232 valence electrons. The average Bonchev–Trinajstić information content (AvgIpc) is 3.15. The van der Waals surface area contributed by atoms with Crippen molar-refractivity contribution in [3.8, 4) is 22.3 Å². The topological polar surface area (TPSA) is 3.24 Å². The summed E-state index contributed by atoms with van der Waals surface area (Å²) in [5.74, 6) is 0. The normalized spacial score (nSPS) is 11.5. The van der Waals surface area contributed by atoms with Crippen molar-refractivity contribution in [2.24, 2.45) is 0 Å². The van der Waals surface area contributed by atoms with E-state index in [0.29, 0.717) is 0 Å². The van der Waals surface area contributed by atoms with Gasteiger partial charge in [0.05, 0.1) is 0 Å². The summed E-state index contributed by atoms with van der Waals surface area (Å²) in [6, 6.07) is 64.7. The van der Waals surface area contributed by atoms with Crippen LogP contribution in [0.4, 0.5) is 17.1 Å². The molecule has 0 heterocycles. The summed E-state index contributed by atoms with van der Waals surface area (Å²) >= 11 is 0. The van der Waals surface area contributed by atoms with Gasteiger partial charge in [0.1, 0.15) is 0 Å². The highest BCUT2D eigenvalue weighted by Gasteiger charge is 2.20. The van der Waals surface area contributed by atoms with E-state index in [1.165, 1.54) is 76.5 Å². The summed E-state index contributed by atoms with van der Waals surface area (Å²) in [5.41, 5.74) is 10.9. The van der Waals surface area contributed by atoms with E-state index >= 15 is 0 Å². The van der Waals surface area contributed by atoms with Crippen molar-refractivity contribution in [3.05, 3.63) is 187 Å². The lowest BCUT2D eigenvalue weighted by molar-refractivity contribution is 1.27. The van der Waals surface area contributed by atoms with Crippen LogP contribution in [-0.2, 0) is 0 Å². The maximum atomic E-state index is 2.41. The molecule has 9 rings (SSSR count). The van der Waals surface area contributed by atoms with E-state index in [1.807, 2.05) is 0 Å². The Balaban J connectivity index is 1.30. The lowest BCUT2D eigenvalue weighted by Gasteiger charge is -2.26. The molecule has 0 N–H and O–H groups in total. The van der Waals surface area contributed by atoms with Crippen LogP contribution >= 0.6 is 0 Å². The van der Waals surface area contributed by atoms with Gasteiger partial charge in [-0.25, -0.2) is 0 Å². The highest BCUT2D eigenvalue weighted by atomic mass is 15.1. The van der Waals surface area contributed by atoms with Crippen LogP contribution in [0, 0.1) is 13.8 Å². The molecule has 9 aromatic rings. The van der Waals surface area contributed by atoms with Crippen molar-refractivity contribution < 1.29 is 0 Å². The van der Waals surface area contributed by atoms with Gasteiger partial charge < -0.3 is 4.90 Å². The Morgan fingerprint density at radius 3 is 1.33 bits per heavy atom. The first-order valence-corrected chi connectivity index (χ1v) is 17.0. The van der Waals surface area contributed by atoms with Crippen LogP contribution in [0.5, 0.6) is 0 Å². The lowest BCUT2D eigenvalue weighted by atomic mass is 9.84. The molecule has 0 amide bonds. The van der Waals surface area contributed by atoms with E-state index in [9.17, 15) is 0 Å². The maximum Gasteiger partial charge on any atom is 0.0462 e. The Morgan fingerprint density at radius 1 is 0.327 bits per heavy atom. The fourth-order valence-corrected chi connectivity index (χ4v) is 7.52. The van der Waals surface area contributed by atoms with Crippen LogP contribution in [0.2, 0.25) is 0 Å². The van der Waals surface area contributed by atoms with Gasteiger partial charge in [0.25, 0.3) is 0 Å². The number of nitrogens with zero attached hydrogens (tertiary/aromatic N) is 1. The van der Waals surface area contributed by atoms with Gasteiger partial charge in [0, 0.05) is 17.1 Å². The molecule has 0 fully saturated rings. The number of anilines is 3. The molecule has 0 atom stereocenters. The molecule has 0 aliphatic heterocycles. The molecule has 0 aliphatic carbocycles. The monoisotopic (exact) mass is 625 g/mol. The van der Waals surface area contributed by atoms with E-state index in [4.69, 9.17) is 0 Å². The summed E-state index contributed by atoms with van der Waals surface area (Å²) in [7, 11) is 0. The summed E-state index contributed by atoms with van der Waals surface area (Å²) in [6.45, 7) is 4.27. The van der Waals surface area contributed by atoms with E-state index in [1.54, 1.807) is 0 Å². The SMILES string of the molecule is Cc1ccc(N(c2ccc(C)cc2)c2ccc(-c3c4ccccc4c(-c4cccc5ccccc45)c4cc5ccccc5cc34)cc2)cc1. The predicted octanol–water partition coefficient (Wildman–Crippen LogP) is 13.7. The van der Waals surface area contributed by atoms with Gasteiger partial charge in [-0.2, -0.15) is 0 Å². The van der Waals surface area contributed by atoms with Crippen LogP contribution in [-0.4, -0.2) is 0 Å². The fourth-order valence-electron chi connectivity index (χ4n) is 7.52. The molecule has 9 aromatic carbocycles. The zero-order valence-electron chi connectivity index (χ0n) is 27.7. The quantitative estimate of drug-likeness (QED) is 0.172. The second kappa shape index (κ2) is 11.8. The Labute approximate surface area is 287 Å². The van der Waals surface area contributed by atoms with Gasteiger partial charge in [0.15, 0.2) is 0 Å². The molecule has 0 aliphatic rings. The van der Waals surface area contributed by atoms with Crippen molar-refractivity contribution in [1.82, 2.24) is 0 Å². The maximum absolute atomic E-state index is 2.41. The van der Waals surface area contributed by atoms with Crippen LogP contribution in [0.1, 0.15) is 11.1 Å². The molecule has 0 radical (unpaired) electrons. The third-order valence-electron chi connectivity index (χ3n) is 9.95. The van der Waals surface area contributed by atoms with Crippen molar-refractivity contribution in [3.63, 3.8) is 0 Å². The molecule has 1 heteroatoms. The zero-order valence-corrected chi connectivity index (χ0v) is 27.7. The Bertz CT molecular complexity index is 2600. The second-order valence-corrected chi connectivity index (χ2v) is 13.1. The number of aryl methyl sites for hydroxylation is 2. The minimum Gasteiger partial charge on any atom is -0.311 e. The molecule has 0 bridgehead atoms. The van der Waals surface area contributed by atoms with Crippen molar-refractivity contribution in [1.29, 1.82) is 0 Å². The average molecular weight is 626 g/mol. The summed E-state index contributed by atoms with van der Waals surface area (Å²) < 4.78 is 0. The number of rotatable bonds is 5. The Hall–Kier alpha value is -6.18. The Morgan fingerprint density at radius 2 is 0.755 bits per heavy atom. The van der Waals surface area contributed by atoms with Crippen LogP contribution in [0.15, 0.2) is 176 Å². The molecule has 49 heavy (non-hydrogen) atoms. The number of benzene rings is 9. The van der Waals surface area contributed by atoms with Crippen LogP contribution < -0.4 is 4.90 Å². The first-order valence-electron chi connectivity index (χ1n) is 17.0. The summed E-state index contributed by atoms with van der Waals surface area (Å²) in [4.78, 5) is 2.34. The molecular formula is C48H35N. The molecular weight excluding hydrogens is 591 g/mol. The highest BCUT2D eigenvalue weighted by molar-refractivity contribution is 6.25. The van der Waals surface area contributed by atoms with Gasteiger partial charge in [0.2, 0.25) is 0 Å². The minimum atomic E-state index is 1.13. The van der Waals surface area contributed by atoms with E-state index < -0.39 is 0 Å². The Kier molecular flexibility index (Phi) is 6.99. The van der Waals surface area contributed by atoms with Crippen molar-refractivity contribution in [2.45, 2.75) is 13.8 Å². The summed E-state index contributed by atoms with van der Waals surface area (Å²) in [6.07, 6.45) is 0. The van der Waals surface area contributed by atoms with Gasteiger partial charge in [-0.05, 0) is 128 Å². The van der Waals surface area contributed by atoms with E-state index in [-0.39, 0.29) is 0 Å². The van der Waals surface area contributed by atoms with Gasteiger partial charge in [-0.15, -0.1) is 0 Å². The molecule has 0 unspecified atom stereocenters. The standard InChI is InChI=1S/C48H35N/c1-32-18-24-38(25-19-32)49(39-26-20-33(2)21-27-39)40-28-22-35(23-29-40)47-43-15-7-8-16-44(43)48(42-17-9-13-34-10-5-6-14-41(34)42)46-31-37-12-4-3-11-36(37)30-45(46)47/h3-31H,1-2H3. The molecule has 0 saturated heterocycles. The lowest BCUT2D eigenvalue weighted by Crippen LogP contribution is -2.09. The minimum absolute atomic E-state index is 1.13. The van der Waals surface area contributed by atoms with E-state index in [2.05, 4.69) is 195 Å². The second-order valence-electron chi connectivity index (χ2n) is 13.1. The molecule has 1 nitrogen and oxygen atoms in total. The van der Waals surface area contributed by atoms with Crippen LogP contribution in [0.25, 0.3) is 65.3 Å². The fraction of sp³-hybridized carbons (Fsp3) is 0.0417. The predicted molar refractivity (Wildman–Crippen MR) is 211 cm³/mol. The highest BCUT2D eigenvalue weighted by Crippen LogP contribution is 2.47. The first kappa shape index (κ1) is 29.0. The van der Waals surface area contributed by atoms with Crippen LogP contribution in [0.3, 0.4) is 0 Å². The number of fused-ring (bicyclic) bond motifs is 4. The zero-order chi connectivity index (χ0) is 32.9. The first-order chi connectivity index (χ1) is 24.1. The molecule has 0 saturated carbocycles. The van der Waals surface area contributed by atoms with E-state index in [0.717, 1.165) is 17.1 Å².